The molecule has 2 aromatic rings. The Labute approximate surface area is 131 Å². The van der Waals surface area contributed by atoms with Crippen molar-refractivity contribution in [3.63, 3.8) is 0 Å². The minimum absolute atomic E-state index is 0.101. The molecule has 0 aromatic heterocycles. The molecule has 0 spiro atoms. The maximum atomic E-state index is 13.5. The van der Waals surface area contributed by atoms with Gasteiger partial charge in [-0.15, -0.1) is 0 Å². The van der Waals surface area contributed by atoms with Crippen molar-refractivity contribution < 1.29 is 41.2 Å². The number of ether oxygens (including phenoxy) is 1. The van der Waals surface area contributed by atoms with E-state index in [-0.39, 0.29) is 17.6 Å². The first-order valence-electron chi connectivity index (χ1n) is 6.47. The fourth-order valence-electron chi connectivity index (χ4n) is 2.17. The van der Waals surface area contributed by atoms with E-state index in [1.54, 1.807) is 0 Å². The van der Waals surface area contributed by atoms with Crippen molar-refractivity contribution >= 4 is 18.6 Å². The minimum atomic E-state index is -2.36. The van der Waals surface area contributed by atoms with Crippen LogP contribution in [-0.2, 0) is 11.3 Å². The van der Waals surface area contributed by atoms with Crippen LogP contribution in [-0.4, -0.2) is 18.1 Å². The number of halogens is 5. The summed E-state index contributed by atoms with van der Waals surface area (Å²) in [5, 5.41) is 9.53. The maximum Gasteiger partial charge on any atom is 0.491 e. The SMILES string of the molecule is O=C(Oc1c(F)c(F)c(F)c(F)c1F)c1ccc2c(c1)B(O)OC2. The normalized spacial score (nSPS) is 13.2. The van der Waals surface area contributed by atoms with Crippen LogP contribution >= 0.6 is 0 Å². The van der Waals surface area contributed by atoms with E-state index < -0.39 is 47.9 Å². The first-order valence-corrected chi connectivity index (χ1v) is 6.47. The van der Waals surface area contributed by atoms with Gasteiger partial charge in [0, 0.05) is 0 Å². The van der Waals surface area contributed by atoms with Gasteiger partial charge in [0.1, 0.15) is 0 Å². The summed E-state index contributed by atoms with van der Waals surface area (Å²) < 4.78 is 75.3. The van der Waals surface area contributed by atoms with Gasteiger partial charge >= 0.3 is 13.1 Å². The molecular weight excluding hydrogens is 338 g/mol. The zero-order valence-corrected chi connectivity index (χ0v) is 11.6. The molecule has 0 bridgehead atoms. The van der Waals surface area contributed by atoms with Crippen LogP contribution in [0.2, 0.25) is 0 Å². The molecule has 0 amide bonds. The summed E-state index contributed by atoms with van der Waals surface area (Å²) in [6.45, 7) is 0.101. The van der Waals surface area contributed by atoms with E-state index in [2.05, 4.69) is 4.74 Å². The number of benzene rings is 2. The molecule has 0 saturated heterocycles. The molecular formula is C14H6BF5O4. The maximum absolute atomic E-state index is 13.5. The van der Waals surface area contributed by atoms with E-state index in [4.69, 9.17) is 4.65 Å². The Balaban J connectivity index is 1.96. The third-order valence-corrected chi connectivity index (χ3v) is 3.41. The third-order valence-electron chi connectivity index (χ3n) is 3.41. The smallest absolute Gasteiger partial charge is 0.423 e. The summed E-state index contributed by atoms with van der Waals surface area (Å²) >= 11 is 0. The van der Waals surface area contributed by atoms with Crippen LogP contribution in [0.3, 0.4) is 0 Å². The first kappa shape index (κ1) is 16.4. The molecule has 0 unspecified atom stereocenters. The highest BCUT2D eigenvalue weighted by Gasteiger charge is 2.31. The molecule has 0 saturated carbocycles. The van der Waals surface area contributed by atoms with Crippen LogP contribution in [0.15, 0.2) is 18.2 Å². The van der Waals surface area contributed by atoms with Gasteiger partial charge in [0.2, 0.25) is 34.8 Å². The predicted octanol–water partition coefficient (Wildman–Crippen LogP) is 1.82. The van der Waals surface area contributed by atoms with Gasteiger partial charge in [0.25, 0.3) is 0 Å². The summed E-state index contributed by atoms with van der Waals surface area (Å²) in [6, 6.07) is 3.75. The second kappa shape index (κ2) is 5.88. The van der Waals surface area contributed by atoms with E-state index in [0.717, 1.165) is 6.07 Å². The van der Waals surface area contributed by atoms with Crippen LogP contribution in [0.5, 0.6) is 5.75 Å². The highest BCUT2D eigenvalue weighted by atomic mass is 19.2. The molecule has 1 aliphatic rings. The summed E-state index contributed by atoms with van der Waals surface area (Å²) in [6.07, 6.45) is 0. The summed E-state index contributed by atoms with van der Waals surface area (Å²) in [5.74, 6) is -14.4. The molecule has 3 rings (SSSR count). The van der Waals surface area contributed by atoms with Gasteiger partial charge in [-0.3, -0.25) is 0 Å². The number of carbonyl (C=O) groups is 1. The lowest BCUT2D eigenvalue weighted by atomic mass is 9.79. The Kier molecular flexibility index (Phi) is 4.02. The van der Waals surface area contributed by atoms with Gasteiger partial charge in [-0.1, -0.05) is 6.07 Å². The fraction of sp³-hybridized carbons (Fsp3) is 0.0714. The number of carbonyl (C=O) groups excluding carboxylic acids is 1. The third kappa shape index (κ3) is 2.53. The van der Waals surface area contributed by atoms with Gasteiger partial charge in [-0.25, -0.2) is 18.0 Å². The molecule has 2 aromatic carbocycles. The summed E-state index contributed by atoms with van der Waals surface area (Å²) in [5.41, 5.74) is 0.555. The Morgan fingerprint density at radius 3 is 2.25 bits per heavy atom. The van der Waals surface area contributed by atoms with Crippen molar-refractivity contribution in [1.82, 2.24) is 0 Å². The molecule has 1 N–H and O–H groups in total. The molecule has 0 aliphatic carbocycles. The van der Waals surface area contributed by atoms with E-state index >= 15 is 0 Å². The van der Waals surface area contributed by atoms with Crippen LogP contribution in [0.4, 0.5) is 22.0 Å². The molecule has 1 aliphatic heterocycles. The standard InChI is InChI=1S/C14H6BF5O4/c16-8-9(17)11(19)13(12(20)10(8)18)24-14(21)5-1-2-6-4-23-15(22)7(6)3-5/h1-3,22H,4H2. The van der Waals surface area contributed by atoms with Crippen molar-refractivity contribution in [2.24, 2.45) is 0 Å². The Morgan fingerprint density at radius 2 is 1.62 bits per heavy atom. The van der Waals surface area contributed by atoms with Crippen molar-refractivity contribution in [2.75, 3.05) is 0 Å². The highest BCUT2D eigenvalue weighted by Crippen LogP contribution is 2.29. The summed E-state index contributed by atoms with van der Waals surface area (Å²) in [4.78, 5) is 11.9. The van der Waals surface area contributed by atoms with Gasteiger partial charge in [0.15, 0.2) is 0 Å². The Morgan fingerprint density at radius 1 is 1.04 bits per heavy atom. The number of esters is 1. The average molecular weight is 344 g/mol. The monoisotopic (exact) mass is 344 g/mol. The molecule has 24 heavy (non-hydrogen) atoms. The Hall–Kier alpha value is -2.46. The van der Waals surface area contributed by atoms with Crippen molar-refractivity contribution in [3.05, 3.63) is 58.4 Å². The van der Waals surface area contributed by atoms with Crippen molar-refractivity contribution in [3.8, 4) is 5.75 Å². The second-order valence-electron chi connectivity index (χ2n) is 4.87. The van der Waals surface area contributed by atoms with Crippen LogP contribution in [0.1, 0.15) is 15.9 Å². The lowest BCUT2D eigenvalue weighted by Gasteiger charge is -2.09. The van der Waals surface area contributed by atoms with E-state index in [1.165, 1.54) is 12.1 Å². The second-order valence-corrected chi connectivity index (χ2v) is 4.87. The van der Waals surface area contributed by atoms with Crippen LogP contribution in [0.25, 0.3) is 0 Å². The molecule has 0 fully saturated rings. The van der Waals surface area contributed by atoms with Crippen molar-refractivity contribution in [1.29, 1.82) is 0 Å². The number of hydrogen-bond donors (Lipinski definition) is 1. The lowest BCUT2D eigenvalue weighted by Crippen LogP contribution is -2.29. The fourth-order valence-corrected chi connectivity index (χ4v) is 2.17. The molecule has 1 heterocycles. The minimum Gasteiger partial charge on any atom is -0.423 e. The molecule has 124 valence electrons. The topological polar surface area (TPSA) is 55.8 Å². The molecule has 0 atom stereocenters. The Bertz CT molecular complexity index is 829. The quantitative estimate of drug-likeness (QED) is 0.226. The highest BCUT2D eigenvalue weighted by molar-refractivity contribution is 6.61. The van der Waals surface area contributed by atoms with Crippen molar-refractivity contribution in [2.45, 2.75) is 6.61 Å². The largest absolute Gasteiger partial charge is 0.491 e. The molecule has 10 heteroatoms. The number of rotatable bonds is 2. The van der Waals surface area contributed by atoms with Crippen LogP contribution in [0, 0.1) is 29.1 Å². The number of fused-ring (bicyclic) bond motifs is 1. The summed E-state index contributed by atoms with van der Waals surface area (Å²) in [7, 11) is -1.29. The van der Waals surface area contributed by atoms with E-state index in [9.17, 15) is 31.8 Å². The van der Waals surface area contributed by atoms with Gasteiger partial charge in [-0.2, -0.15) is 8.78 Å². The molecule has 4 nitrogen and oxygen atoms in total. The van der Waals surface area contributed by atoms with E-state index in [0.29, 0.717) is 5.56 Å². The van der Waals surface area contributed by atoms with Gasteiger partial charge in [0.05, 0.1) is 12.2 Å². The average Bonchev–Trinajstić information content (AvgIpc) is 2.95. The van der Waals surface area contributed by atoms with E-state index in [1.807, 2.05) is 0 Å². The zero-order chi connectivity index (χ0) is 17.6. The number of hydrogen-bond acceptors (Lipinski definition) is 4. The predicted molar refractivity (Wildman–Crippen MR) is 70.0 cm³/mol. The lowest BCUT2D eigenvalue weighted by molar-refractivity contribution is 0.0716. The zero-order valence-electron chi connectivity index (χ0n) is 11.6. The van der Waals surface area contributed by atoms with Gasteiger partial charge < -0.3 is 14.4 Å². The van der Waals surface area contributed by atoms with Crippen LogP contribution < -0.4 is 10.2 Å². The van der Waals surface area contributed by atoms with Gasteiger partial charge in [-0.05, 0) is 23.2 Å². The molecule has 0 radical (unpaired) electrons. The first-order chi connectivity index (χ1) is 11.3.